The third-order valence-corrected chi connectivity index (χ3v) is 6.58. The first kappa shape index (κ1) is 19.7. The molecule has 0 aromatic heterocycles. The monoisotopic (exact) mass is 391 g/mol. The van der Waals surface area contributed by atoms with Crippen molar-refractivity contribution in [1.29, 1.82) is 0 Å². The van der Waals surface area contributed by atoms with Crippen molar-refractivity contribution in [2.24, 2.45) is 5.73 Å². The van der Waals surface area contributed by atoms with E-state index in [1.54, 1.807) is 0 Å². The number of amides is 3. The van der Waals surface area contributed by atoms with Crippen LogP contribution in [0.3, 0.4) is 0 Å². The Labute approximate surface area is 163 Å². The Morgan fingerprint density at radius 1 is 1.30 bits per heavy atom. The van der Waals surface area contributed by atoms with Gasteiger partial charge in [-0.1, -0.05) is 37.3 Å². The van der Waals surface area contributed by atoms with Crippen molar-refractivity contribution in [1.82, 2.24) is 10.2 Å². The fourth-order valence-electron chi connectivity index (χ4n) is 3.71. The second-order valence-electron chi connectivity index (χ2n) is 7.29. The smallest absolute Gasteiger partial charge is 0.272 e. The van der Waals surface area contributed by atoms with Crippen LogP contribution < -0.4 is 11.1 Å². The second-order valence-corrected chi connectivity index (χ2v) is 9.03. The van der Waals surface area contributed by atoms with E-state index in [2.05, 4.69) is 5.32 Å². The maximum atomic E-state index is 12.8. The van der Waals surface area contributed by atoms with Gasteiger partial charge < -0.3 is 15.8 Å². The second kappa shape index (κ2) is 7.16. The first-order valence-electron chi connectivity index (χ1n) is 9.02. The number of nitrogens with one attached hydrogen (secondary N) is 1. The van der Waals surface area contributed by atoms with E-state index >= 15 is 0 Å². The summed E-state index contributed by atoms with van der Waals surface area (Å²) in [6, 6.07) is 8.64. The molecule has 27 heavy (non-hydrogen) atoms. The molecule has 2 fully saturated rings. The van der Waals surface area contributed by atoms with Gasteiger partial charge in [-0.15, -0.1) is 11.8 Å². The molecule has 0 aliphatic carbocycles. The van der Waals surface area contributed by atoms with E-state index in [1.165, 1.54) is 16.7 Å². The van der Waals surface area contributed by atoms with Crippen LogP contribution in [-0.2, 0) is 25.5 Å². The normalized spacial score (nSPS) is 28.4. The van der Waals surface area contributed by atoms with Crippen molar-refractivity contribution < 1.29 is 19.1 Å². The van der Waals surface area contributed by atoms with E-state index in [9.17, 15) is 14.4 Å². The van der Waals surface area contributed by atoms with Gasteiger partial charge in [0, 0.05) is 6.61 Å². The highest BCUT2D eigenvalue weighted by Crippen LogP contribution is 2.57. The Morgan fingerprint density at radius 2 is 1.96 bits per heavy atom. The number of hydrogen-bond donors (Lipinski definition) is 2. The van der Waals surface area contributed by atoms with Gasteiger partial charge in [-0.2, -0.15) is 0 Å². The predicted molar refractivity (Wildman–Crippen MR) is 103 cm³/mol. The molecule has 0 radical (unpaired) electrons. The van der Waals surface area contributed by atoms with E-state index in [-0.39, 0.29) is 23.6 Å². The topological polar surface area (TPSA) is 102 Å². The Kier molecular flexibility index (Phi) is 5.22. The molecule has 2 saturated heterocycles. The summed E-state index contributed by atoms with van der Waals surface area (Å²) in [6.45, 7) is 5.92. The number of nitrogens with two attached hydrogens (primary N) is 1. The highest BCUT2D eigenvalue weighted by molar-refractivity contribution is 8.01. The fourth-order valence-corrected chi connectivity index (χ4v) is 5.41. The minimum absolute atomic E-state index is 0.193. The number of rotatable bonds is 7. The van der Waals surface area contributed by atoms with Gasteiger partial charge in [-0.05, 0) is 25.8 Å². The average Bonchev–Trinajstić information content (AvgIpc) is 2.84. The lowest BCUT2D eigenvalue weighted by atomic mass is 9.90. The van der Waals surface area contributed by atoms with Crippen molar-refractivity contribution in [2.75, 3.05) is 6.61 Å². The predicted octanol–water partition coefficient (Wildman–Crippen LogP) is 1.02. The van der Waals surface area contributed by atoms with E-state index in [4.69, 9.17) is 10.5 Å². The molecule has 1 aromatic rings. The molecule has 146 valence electrons. The van der Waals surface area contributed by atoms with Crippen LogP contribution in [0, 0.1) is 0 Å². The molecule has 3 atom stereocenters. The highest BCUT2D eigenvalue weighted by atomic mass is 32.2. The summed E-state index contributed by atoms with van der Waals surface area (Å²) in [7, 11) is 0. The molecule has 2 heterocycles. The molecule has 2 aliphatic heterocycles. The van der Waals surface area contributed by atoms with Gasteiger partial charge in [-0.25, -0.2) is 0 Å². The maximum absolute atomic E-state index is 12.8. The molecule has 0 spiro atoms. The van der Waals surface area contributed by atoms with E-state index in [0.29, 0.717) is 13.0 Å². The Morgan fingerprint density at radius 3 is 2.56 bits per heavy atom. The van der Waals surface area contributed by atoms with Gasteiger partial charge in [-0.3, -0.25) is 19.3 Å². The molecule has 3 N–H and O–H groups in total. The van der Waals surface area contributed by atoms with Crippen LogP contribution in [0.5, 0.6) is 0 Å². The number of β-lactam (4-membered cyclic amide) rings is 1. The minimum atomic E-state index is -1.50. The van der Waals surface area contributed by atoms with Gasteiger partial charge >= 0.3 is 0 Å². The number of hydrogen-bond acceptors (Lipinski definition) is 5. The van der Waals surface area contributed by atoms with Crippen LogP contribution in [0.25, 0.3) is 0 Å². The summed E-state index contributed by atoms with van der Waals surface area (Å²) in [5, 5.41) is 2.42. The zero-order valence-corrected chi connectivity index (χ0v) is 16.5. The summed E-state index contributed by atoms with van der Waals surface area (Å²) in [5.74, 6) is -1.25. The van der Waals surface area contributed by atoms with Crippen LogP contribution in [0.15, 0.2) is 30.3 Å². The van der Waals surface area contributed by atoms with Gasteiger partial charge in [0.25, 0.3) is 11.8 Å². The Hall–Kier alpha value is -2.06. The van der Waals surface area contributed by atoms with Gasteiger partial charge in [0.1, 0.15) is 11.4 Å². The number of carbonyl (C=O) groups is 3. The van der Waals surface area contributed by atoms with Crippen molar-refractivity contribution >= 4 is 29.5 Å². The zero-order valence-electron chi connectivity index (χ0n) is 15.7. The van der Waals surface area contributed by atoms with Gasteiger partial charge in [0.15, 0.2) is 0 Å². The number of fused-ring (bicyclic) bond motifs is 1. The lowest BCUT2D eigenvalue weighted by molar-refractivity contribution is -0.205. The molecule has 2 aliphatic rings. The van der Waals surface area contributed by atoms with Crippen LogP contribution in [0.4, 0.5) is 0 Å². The molecule has 3 rings (SSSR count). The molecule has 7 nitrogen and oxygen atoms in total. The Balaban J connectivity index is 1.76. The fraction of sp³-hybridized carbons (Fsp3) is 0.526. The average molecular weight is 391 g/mol. The summed E-state index contributed by atoms with van der Waals surface area (Å²) in [6.07, 6.45) is 0.887. The minimum Gasteiger partial charge on any atom is -0.365 e. The summed E-state index contributed by atoms with van der Waals surface area (Å²) in [5.41, 5.74) is 5.06. The number of carbonyl (C=O) groups excluding carboxylic acids is 3. The number of ether oxygens (including phenoxy) is 1. The van der Waals surface area contributed by atoms with Gasteiger partial charge in [0.2, 0.25) is 11.6 Å². The van der Waals surface area contributed by atoms with Crippen LogP contribution in [0.2, 0.25) is 0 Å². The van der Waals surface area contributed by atoms with Crippen molar-refractivity contribution in [2.45, 2.75) is 55.5 Å². The lowest BCUT2D eigenvalue weighted by Crippen LogP contribution is -2.77. The number of thioether (sulfide) groups is 1. The van der Waals surface area contributed by atoms with E-state index in [0.717, 1.165) is 5.56 Å². The van der Waals surface area contributed by atoms with E-state index in [1.807, 2.05) is 51.1 Å². The highest BCUT2D eigenvalue weighted by Gasteiger charge is 2.73. The largest absolute Gasteiger partial charge is 0.365 e. The summed E-state index contributed by atoms with van der Waals surface area (Å²) < 4.78 is 5.14. The molecule has 0 bridgehead atoms. The quantitative estimate of drug-likeness (QED) is 0.676. The summed E-state index contributed by atoms with van der Waals surface area (Å²) in [4.78, 5) is 38.9. The molecular weight excluding hydrogens is 366 g/mol. The maximum Gasteiger partial charge on any atom is 0.272 e. The first-order valence-corrected chi connectivity index (χ1v) is 9.90. The van der Waals surface area contributed by atoms with Crippen LogP contribution in [-0.4, -0.2) is 51.1 Å². The molecule has 3 unspecified atom stereocenters. The molecule has 1 aromatic carbocycles. The third kappa shape index (κ3) is 3.10. The molecular formula is C19H25N3O4S. The molecule has 0 saturated carbocycles. The lowest BCUT2D eigenvalue weighted by Gasteiger charge is -2.49. The van der Waals surface area contributed by atoms with Crippen molar-refractivity contribution in [3.05, 3.63) is 35.9 Å². The number of primary amides is 1. The molecule has 3 amide bonds. The first-order chi connectivity index (χ1) is 12.7. The SMILES string of the molecule is CCCOC1(C(N)=O)N2C(=O)C(NC(=O)Cc3ccccc3)C2SC1(C)C. The van der Waals surface area contributed by atoms with Crippen LogP contribution >= 0.6 is 11.8 Å². The third-order valence-electron chi connectivity index (χ3n) is 4.99. The zero-order chi connectivity index (χ0) is 19.8. The molecule has 8 heteroatoms. The van der Waals surface area contributed by atoms with E-state index < -0.39 is 22.4 Å². The number of benzene rings is 1. The number of nitrogens with zero attached hydrogens (tertiary/aromatic N) is 1. The standard InChI is InChI=1S/C19H25N3O4S/c1-4-10-26-19(17(20)25)18(2,3)27-16-14(15(24)22(16)19)21-13(23)11-12-8-6-5-7-9-12/h5-9,14,16H,4,10-11H2,1-3H3,(H2,20,25)(H,21,23). The van der Waals surface area contributed by atoms with Crippen molar-refractivity contribution in [3.63, 3.8) is 0 Å². The van der Waals surface area contributed by atoms with Crippen molar-refractivity contribution in [3.8, 4) is 0 Å². The van der Waals surface area contributed by atoms with Crippen LogP contribution in [0.1, 0.15) is 32.8 Å². The van der Waals surface area contributed by atoms with Gasteiger partial charge in [0.05, 0.1) is 11.2 Å². The summed E-state index contributed by atoms with van der Waals surface area (Å²) >= 11 is 1.43. The Bertz CT molecular complexity index is 755.